The lowest BCUT2D eigenvalue weighted by molar-refractivity contribution is 0.0702. The molecule has 2 fully saturated rings. The fourth-order valence-electron chi connectivity index (χ4n) is 3.62. The van der Waals surface area contributed by atoms with Crippen molar-refractivity contribution >= 4 is 0 Å². The van der Waals surface area contributed by atoms with Gasteiger partial charge in [0.15, 0.2) is 0 Å². The van der Waals surface area contributed by atoms with Gasteiger partial charge in [-0.1, -0.05) is 39.5 Å². The molecule has 0 aromatic rings. The molecule has 0 heterocycles. The van der Waals surface area contributed by atoms with Gasteiger partial charge >= 0.3 is 0 Å². The highest BCUT2D eigenvalue weighted by Crippen LogP contribution is 2.46. The predicted octanol–water partition coefficient (Wildman–Crippen LogP) is 3.86. The van der Waals surface area contributed by atoms with Gasteiger partial charge in [0, 0.05) is 0 Å². The Kier molecular flexibility index (Phi) is 2.43. The molecule has 0 unspecified atom stereocenters. The van der Waals surface area contributed by atoms with E-state index in [1.54, 1.807) is 0 Å². The zero-order chi connectivity index (χ0) is 8.55. The molecule has 2 rings (SSSR count). The summed E-state index contributed by atoms with van der Waals surface area (Å²) < 4.78 is 0. The summed E-state index contributed by atoms with van der Waals surface area (Å²) in [6.45, 7) is 4.96. The highest BCUT2D eigenvalue weighted by atomic mass is 14.4. The number of hydrogen-bond donors (Lipinski definition) is 0. The fourth-order valence-corrected chi connectivity index (χ4v) is 3.62. The Hall–Kier alpha value is 0. The second-order valence-electron chi connectivity index (χ2n) is 5.14. The third-order valence-corrected chi connectivity index (χ3v) is 4.41. The summed E-state index contributed by atoms with van der Waals surface area (Å²) in [7, 11) is 0. The van der Waals surface area contributed by atoms with E-state index in [0.717, 1.165) is 23.7 Å². The van der Waals surface area contributed by atoms with Crippen LogP contribution in [0.4, 0.5) is 0 Å². The van der Waals surface area contributed by atoms with Crippen LogP contribution in [0.3, 0.4) is 0 Å². The van der Waals surface area contributed by atoms with Crippen LogP contribution in [-0.4, -0.2) is 0 Å². The summed E-state index contributed by atoms with van der Waals surface area (Å²) in [5.74, 6) is 4.27. The standard InChI is InChI=1S/C12H22/c1-9-5-3-8-12-10(2)6-4-7-11(9)12/h9-12H,3-8H2,1-2H3/t9-,10-,11+,12+/m0/s1. The minimum atomic E-state index is 1.03. The van der Waals surface area contributed by atoms with Gasteiger partial charge in [-0.15, -0.1) is 0 Å². The lowest BCUT2D eigenvalue weighted by Gasteiger charge is -2.43. The van der Waals surface area contributed by atoms with Gasteiger partial charge in [-0.25, -0.2) is 0 Å². The van der Waals surface area contributed by atoms with Gasteiger partial charge in [0.1, 0.15) is 0 Å². The van der Waals surface area contributed by atoms with Crippen molar-refractivity contribution in [2.45, 2.75) is 52.4 Å². The van der Waals surface area contributed by atoms with Gasteiger partial charge in [-0.2, -0.15) is 0 Å². The third kappa shape index (κ3) is 1.41. The Morgan fingerprint density at radius 3 is 1.50 bits per heavy atom. The first-order chi connectivity index (χ1) is 5.79. The van der Waals surface area contributed by atoms with Crippen LogP contribution in [0, 0.1) is 23.7 Å². The highest BCUT2D eigenvalue weighted by molar-refractivity contribution is 4.86. The molecule has 0 aliphatic heterocycles. The average Bonchev–Trinajstić information content (AvgIpc) is 2.07. The van der Waals surface area contributed by atoms with Crippen LogP contribution < -0.4 is 0 Å². The summed E-state index contributed by atoms with van der Waals surface area (Å²) in [6, 6.07) is 0. The van der Waals surface area contributed by atoms with Crippen LogP contribution in [0.1, 0.15) is 52.4 Å². The van der Waals surface area contributed by atoms with E-state index in [2.05, 4.69) is 13.8 Å². The van der Waals surface area contributed by atoms with E-state index in [4.69, 9.17) is 0 Å². The second kappa shape index (κ2) is 3.40. The molecule has 0 N–H and O–H groups in total. The van der Waals surface area contributed by atoms with Gasteiger partial charge in [0.2, 0.25) is 0 Å². The predicted molar refractivity (Wildman–Crippen MR) is 53.0 cm³/mol. The minimum Gasteiger partial charge on any atom is -0.0622 e. The van der Waals surface area contributed by atoms with Crippen LogP contribution >= 0.6 is 0 Å². The third-order valence-electron chi connectivity index (χ3n) is 4.41. The first kappa shape index (κ1) is 8.59. The molecule has 0 aromatic carbocycles. The molecule has 2 saturated carbocycles. The Morgan fingerprint density at radius 2 is 1.08 bits per heavy atom. The molecule has 0 radical (unpaired) electrons. The molecule has 4 atom stereocenters. The molecule has 0 heteroatoms. The van der Waals surface area contributed by atoms with Crippen molar-refractivity contribution in [3.05, 3.63) is 0 Å². The van der Waals surface area contributed by atoms with Crippen LogP contribution in [0.25, 0.3) is 0 Å². The molecule has 2 aliphatic rings. The van der Waals surface area contributed by atoms with Crippen molar-refractivity contribution in [1.29, 1.82) is 0 Å². The molecular formula is C12H22. The summed E-state index contributed by atoms with van der Waals surface area (Å²) >= 11 is 0. The van der Waals surface area contributed by atoms with Crippen LogP contribution in [0.2, 0.25) is 0 Å². The maximum atomic E-state index is 2.48. The largest absolute Gasteiger partial charge is 0.0622 e. The van der Waals surface area contributed by atoms with E-state index in [0.29, 0.717) is 0 Å². The molecule has 2 aliphatic carbocycles. The summed E-state index contributed by atoms with van der Waals surface area (Å²) in [6.07, 6.45) is 9.10. The lowest BCUT2D eigenvalue weighted by Crippen LogP contribution is -2.34. The molecule has 0 aromatic heterocycles. The van der Waals surface area contributed by atoms with E-state index in [1.807, 2.05) is 0 Å². The van der Waals surface area contributed by atoms with E-state index in [1.165, 1.54) is 38.5 Å². The monoisotopic (exact) mass is 166 g/mol. The van der Waals surface area contributed by atoms with Crippen LogP contribution in [0.5, 0.6) is 0 Å². The molecule has 0 nitrogen and oxygen atoms in total. The number of rotatable bonds is 0. The molecule has 0 amide bonds. The van der Waals surface area contributed by atoms with E-state index in [-0.39, 0.29) is 0 Å². The molecule has 12 heavy (non-hydrogen) atoms. The van der Waals surface area contributed by atoms with Crippen molar-refractivity contribution in [3.63, 3.8) is 0 Å². The lowest BCUT2D eigenvalue weighted by atomic mass is 9.62. The maximum Gasteiger partial charge on any atom is -0.0358 e. The van der Waals surface area contributed by atoms with E-state index >= 15 is 0 Å². The van der Waals surface area contributed by atoms with Crippen LogP contribution in [-0.2, 0) is 0 Å². The van der Waals surface area contributed by atoms with Gasteiger partial charge in [0.05, 0.1) is 0 Å². The van der Waals surface area contributed by atoms with Crippen LogP contribution in [0.15, 0.2) is 0 Å². The zero-order valence-electron chi connectivity index (χ0n) is 8.55. The van der Waals surface area contributed by atoms with Gasteiger partial charge < -0.3 is 0 Å². The molecular weight excluding hydrogens is 144 g/mol. The average molecular weight is 166 g/mol. The van der Waals surface area contributed by atoms with Gasteiger partial charge in [-0.3, -0.25) is 0 Å². The van der Waals surface area contributed by atoms with Crippen molar-refractivity contribution < 1.29 is 0 Å². The van der Waals surface area contributed by atoms with E-state index in [9.17, 15) is 0 Å². The number of fused-ring (bicyclic) bond motifs is 1. The zero-order valence-corrected chi connectivity index (χ0v) is 8.55. The highest BCUT2D eigenvalue weighted by Gasteiger charge is 2.35. The summed E-state index contributed by atoms with van der Waals surface area (Å²) in [4.78, 5) is 0. The summed E-state index contributed by atoms with van der Waals surface area (Å²) in [5, 5.41) is 0. The number of hydrogen-bond acceptors (Lipinski definition) is 0. The second-order valence-corrected chi connectivity index (χ2v) is 5.14. The van der Waals surface area contributed by atoms with Crippen molar-refractivity contribution in [2.75, 3.05) is 0 Å². The first-order valence-electron chi connectivity index (χ1n) is 5.79. The quantitative estimate of drug-likeness (QED) is 0.512. The maximum absolute atomic E-state index is 2.48. The van der Waals surface area contributed by atoms with E-state index < -0.39 is 0 Å². The molecule has 0 saturated heterocycles. The Bertz CT molecular complexity index is 132. The molecule has 0 spiro atoms. The Balaban J connectivity index is 2.05. The van der Waals surface area contributed by atoms with Crippen molar-refractivity contribution in [1.82, 2.24) is 0 Å². The Labute approximate surface area is 76.7 Å². The van der Waals surface area contributed by atoms with Crippen molar-refractivity contribution in [2.24, 2.45) is 23.7 Å². The Morgan fingerprint density at radius 1 is 0.667 bits per heavy atom. The topological polar surface area (TPSA) is 0 Å². The normalized spacial score (nSPS) is 48.5. The summed E-state index contributed by atoms with van der Waals surface area (Å²) in [5.41, 5.74) is 0. The van der Waals surface area contributed by atoms with Gasteiger partial charge in [0.25, 0.3) is 0 Å². The SMILES string of the molecule is C[C@H]1CCC[C@H]2[C@@H]1CCC[C@@H]2C. The first-order valence-corrected chi connectivity index (χ1v) is 5.79. The molecule has 70 valence electrons. The fraction of sp³-hybridized carbons (Fsp3) is 1.00. The van der Waals surface area contributed by atoms with Gasteiger partial charge in [-0.05, 0) is 36.5 Å². The minimum absolute atomic E-state index is 1.03. The molecule has 0 bridgehead atoms. The van der Waals surface area contributed by atoms with Crippen molar-refractivity contribution in [3.8, 4) is 0 Å². The smallest absolute Gasteiger partial charge is 0.0358 e.